The van der Waals surface area contributed by atoms with E-state index in [0.717, 1.165) is 5.56 Å². The molecule has 2 rings (SSSR count). The molecule has 19 heavy (non-hydrogen) atoms. The Balaban J connectivity index is 2.14. The molecule has 100 valence electrons. The fourth-order valence-corrected chi connectivity index (χ4v) is 2.40. The van der Waals surface area contributed by atoms with Gasteiger partial charge in [0.25, 0.3) is 0 Å². The lowest BCUT2D eigenvalue weighted by atomic mass is 9.81. The number of primary amides is 1. The van der Waals surface area contributed by atoms with E-state index in [-0.39, 0.29) is 12.3 Å². The Morgan fingerprint density at radius 2 is 2.00 bits per heavy atom. The van der Waals surface area contributed by atoms with Crippen molar-refractivity contribution < 1.29 is 14.4 Å². The number of imide groups is 1. The van der Waals surface area contributed by atoms with Crippen molar-refractivity contribution in [2.45, 2.75) is 19.3 Å². The summed E-state index contributed by atoms with van der Waals surface area (Å²) < 4.78 is 0. The summed E-state index contributed by atoms with van der Waals surface area (Å²) in [5.41, 5.74) is 6.36. The highest BCUT2D eigenvalue weighted by atomic mass is 16.2. The number of hydrogen-bond acceptors (Lipinski definition) is 3. The number of carbonyl (C=O) groups is 3. The third-order valence-corrected chi connectivity index (χ3v) is 3.43. The minimum atomic E-state index is -0.574. The van der Waals surface area contributed by atoms with Gasteiger partial charge in [0, 0.05) is 6.42 Å². The normalized spacial score (nSPS) is 20.7. The van der Waals surface area contributed by atoms with Crippen LogP contribution in [0.15, 0.2) is 30.3 Å². The number of rotatable bonds is 4. The Bertz CT molecular complexity index is 499. The Morgan fingerprint density at radius 3 is 2.58 bits per heavy atom. The molecule has 3 N–H and O–H groups in total. The van der Waals surface area contributed by atoms with Crippen LogP contribution in [-0.4, -0.2) is 17.7 Å². The number of piperidine rings is 1. The summed E-state index contributed by atoms with van der Waals surface area (Å²) in [6, 6.07) is 9.41. The number of nitrogens with two attached hydrogens (primary N) is 1. The van der Waals surface area contributed by atoms with Gasteiger partial charge in [0.1, 0.15) is 0 Å². The van der Waals surface area contributed by atoms with E-state index >= 15 is 0 Å². The number of benzene rings is 1. The highest BCUT2D eigenvalue weighted by Crippen LogP contribution is 2.25. The number of nitrogens with one attached hydrogen (secondary N) is 1. The van der Waals surface area contributed by atoms with Crippen molar-refractivity contribution in [1.29, 1.82) is 0 Å². The molecule has 0 aliphatic carbocycles. The molecule has 0 aromatic heterocycles. The maximum Gasteiger partial charge on any atom is 0.230 e. The summed E-state index contributed by atoms with van der Waals surface area (Å²) in [6.45, 7) is 0. The summed E-state index contributed by atoms with van der Waals surface area (Å²) in [6.07, 6.45) is 1.06. The lowest BCUT2D eigenvalue weighted by molar-refractivity contribution is -0.141. The zero-order valence-electron chi connectivity index (χ0n) is 10.5. The van der Waals surface area contributed by atoms with Gasteiger partial charge in [0.15, 0.2) is 0 Å². The molecule has 5 nitrogen and oxygen atoms in total. The second kappa shape index (κ2) is 5.65. The fraction of sp³-hybridized carbons (Fsp3) is 0.357. The maximum absolute atomic E-state index is 11.8. The van der Waals surface area contributed by atoms with Crippen LogP contribution in [0.1, 0.15) is 18.4 Å². The predicted octanol–water partition coefficient (Wildman–Crippen LogP) is 0.383. The number of amides is 3. The minimum Gasteiger partial charge on any atom is -0.369 e. The van der Waals surface area contributed by atoms with Crippen LogP contribution in [-0.2, 0) is 20.8 Å². The Labute approximate surface area is 111 Å². The van der Waals surface area contributed by atoms with Gasteiger partial charge in [-0.2, -0.15) is 0 Å². The smallest absolute Gasteiger partial charge is 0.230 e. The average molecular weight is 260 g/mol. The standard InChI is InChI=1S/C14H16N2O3/c15-13(18)11(8-9-4-2-1-3-5-9)10-6-7-12(17)16-14(10)19/h1-5,10-11H,6-8H2,(H2,15,18)(H,16,17,19). The van der Waals surface area contributed by atoms with E-state index in [1.54, 1.807) is 0 Å². The van der Waals surface area contributed by atoms with Crippen LogP contribution in [0.4, 0.5) is 0 Å². The van der Waals surface area contributed by atoms with E-state index in [1.807, 2.05) is 30.3 Å². The van der Waals surface area contributed by atoms with Gasteiger partial charge in [-0.05, 0) is 18.4 Å². The molecule has 1 heterocycles. The topological polar surface area (TPSA) is 89.3 Å². The second-order valence-corrected chi connectivity index (χ2v) is 4.76. The molecule has 0 spiro atoms. The quantitative estimate of drug-likeness (QED) is 0.767. The molecule has 2 unspecified atom stereocenters. The van der Waals surface area contributed by atoms with Crippen LogP contribution >= 0.6 is 0 Å². The van der Waals surface area contributed by atoms with Gasteiger partial charge in [-0.3, -0.25) is 19.7 Å². The van der Waals surface area contributed by atoms with Crippen LogP contribution in [0, 0.1) is 11.8 Å². The van der Waals surface area contributed by atoms with E-state index < -0.39 is 23.7 Å². The van der Waals surface area contributed by atoms with Crippen LogP contribution in [0.2, 0.25) is 0 Å². The lowest BCUT2D eigenvalue weighted by Crippen LogP contribution is -2.47. The molecule has 1 aliphatic heterocycles. The third kappa shape index (κ3) is 3.19. The summed E-state index contributed by atoms with van der Waals surface area (Å²) in [4.78, 5) is 34.5. The monoisotopic (exact) mass is 260 g/mol. The molecule has 1 aromatic carbocycles. The SMILES string of the molecule is NC(=O)C(Cc1ccccc1)C1CCC(=O)NC1=O. The first-order chi connectivity index (χ1) is 9.08. The van der Waals surface area contributed by atoms with E-state index in [1.165, 1.54) is 0 Å². The summed E-state index contributed by atoms with van der Waals surface area (Å²) >= 11 is 0. The van der Waals surface area contributed by atoms with Gasteiger partial charge in [-0.15, -0.1) is 0 Å². The van der Waals surface area contributed by atoms with Gasteiger partial charge < -0.3 is 5.73 Å². The van der Waals surface area contributed by atoms with Crippen LogP contribution in [0.25, 0.3) is 0 Å². The number of carbonyl (C=O) groups excluding carboxylic acids is 3. The maximum atomic E-state index is 11.8. The third-order valence-electron chi connectivity index (χ3n) is 3.43. The Hall–Kier alpha value is -2.17. The molecule has 3 amide bonds. The van der Waals surface area contributed by atoms with E-state index in [9.17, 15) is 14.4 Å². The number of hydrogen-bond donors (Lipinski definition) is 2. The first-order valence-corrected chi connectivity index (χ1v) is 6.25. The van der Waals surface area contributed by atoms with Gasteiger partial charge >= 0.3 is 0 Å². The molecule has 0 bridgehead atoms. The molecule has 1 fully saturated rings. The van der Waals surface area contributed by atoms with E-state index in [2.05, 4.69) is 5.32 Å². The first-order valence-electron chi connectivity index (χ1n) is 6.25. The molecule has 5 heteroatoms. The lowest BCUT2D eigenvalue weighted by Gasteiger charge is -2.26. The largest absolute Gasteiger partial charge is 0.369 e. The summed E-state index contributed by atoms with van der Waals surface area (Å²) in [5, 5.41) is 2.26. The van der Waals surface area contributed by atoms with Crippen molar-refractivity contribution >= 4 is 17.7 Å². The van der Waals surface area contributed by atoms with E-state index in [0.29, 0.717) is 12.8 Å². The Morgan fingerprint density at radius 1 is 1.32 bits per heavy atom. The predicted molar refractivity (Wildman–Crippen MR) is 68.7 cm³/mol. The van der Waals surface area contributed by atoms with Crippen LogP contribution in [0.3, 0.4) is 0 Å². The van der Waals surface area contributed by atoms with Crippen molar-refractivity contribution in [2.75, 3.05) is 0 Å². The molecule has 1 aliphatic rings. The molecule has 1 aromatic rings. The van der Waals surface area contributed by atoms with Gasteiger partial charge in [-0.1, -0.05) is 30.3 Å². The molecular formula is C14H16N2O3. The zero-order valence-corrected chi connectivity index (χ0v) is 10.5. The van der Waals surface area contributed by atoms with Crippen molar-refractivity contribution in [1.82, 2.24) is 5.32 Å². The Kier molecular flexibility index (Phi) is 3.94. The van der Waals surface area contributed by atoms with Crippen molar-refractivity contribution in [3.05, 3.63) is 35.9 Å². The zero-order chi connectivity index (χ0) is 13.8. The van der Waals surface area contributed by atoms with Crippen molar-refractivity contribution in [3.63, 3.8) is 0 Å². The molecular weight excluding hydrogens is 244 g/mol. The minimum absolute atomic E-state index is 0.259. The second-order valence-electron chi connectivity index (χ2n) is 4.76. The fourth-order valence-electron chi connectivity index (χ4n) is 2.40. The van der Waals surface area contributed by atoms with Crippen LogP contribution < -0.4 is 11.1 Å². The van der Waals surface area contributed by atoms with Gasteiger partial charge in [0.05, 0.1) is 11.8 Å². The molecule has 0 saturated carbocycles. The van der Waals surface area contributed by atoms with Crippen LogP contribution in [0.5, 0.6) is 0 Å². The first kappa shape index (κ1) is 13.3. The molecule has 2 atom stereocenters. The van der Waals surface area contributed by atoms with Gasteiger partial charge in [0.2, 0.25) is 17.7 Å². The molecule has 1 saturated heterocycles. The summed E-state index contributed by atoms with van der Waals surface area (Å²) in [7, 11) is 0. The van der Waals surface area contributed by atoms with Crippen molar-refractivity contribution in [2.24, 2.45) is 17.6 Å². The average Bonchev–Trinajstić information content (AvgIpc) is 2.38. The summed E-state index contributed by atoms with van der Waals surface area (Å²) in [5.74, 6) is -2.27. The van der Waals surface area contributed by atoms with Crippen molar-refractivity contribution in [3.8, 4) is 0 Å². The highest BCUT2D eigenvalue weighted by molar-refractivity contribution is 6.00. The highest BCUT2D eigenvalue weighted by Gasteiger charge is 2.36. The van der Waals surface area contributed by atoms with Gasteiger partial charge in [-0.25, -0.2) is 0 Å². The van der Waals surface area contributed by atoms with E-state index in [4.69, 9.17) is 5.73 Å². The molecule has 0 radical (unpaired) electrons.